The number of hydrogen-bond acceptors (Lipinski definition) is 2. The van der Waals surface area contributed by atoms with Gasteiger partial charge in [-0.05, 0) is 37.1 Å². The molecular formula is C18H17NO3. The van der Waals surface area contributed by atoms with Crippen LogP contribution in [0.3, 0.4) is 0 Å². The fourth-order valence-electron chi connectivity index (χ4n) is 2.93. The maximum absolute atomic E-state index is 13.0. The first-order chi connectivity index (χ1) is 10.5. The van der Waals surface area contributed by atoms with E-state index in [1.807, 2.05) is 50.2 Å². The summed E-state index contributed by atoms with van der Waals surface area (Å²) in [6.45, 7) is 3.78. The fraction of sp³-hybridized carbons (Fsp3) is 0.222. The molecule has 1 N–H and O–H groups in total. The molecule has 0 radical (unpaired) electrons. The zero-order valence-corrected chi connectivity index (χ0v) is 12.5. The maximum Gasteiger partial charge on any atom is 0.327 e. The van der Waals surface area contributed by atoms with E-state index < -0.39 is 12.0 Å². The zero-order valence-electron chi connectivity index (χ0n) is 12.5. The summed E-state index contributed by atoms with van der Waals surface area (Å²) in [7, 11) is 0. The number of aliphatic carboxylic acids is 1. The Morgan fingerprint density at radius 2 is 1.86 bits per heavy atom. The number of amides is 1. The van der Waals surface area contributed by atoms with Crippen LogP contribution in [-0.2, 0) is 11.2 Å². The third-order valence-electron chi connectivity index (χ3n) is 4.10. The third kappa shape index (κ3) is 2.26. The molecule has 1 aliphatic heterocycles. The van der Waals surface area contributed by atoms with Crippen LogP contribution >= 0.6 is 0 Å². The molecule has 3 rings (SSSR count). The first-order valence-electron chi connectivity index (χ1n) is 7.20. The van der Waals surface area contributed by atoms with E-state index in [-0.39, 0.29) is 5.91 Å². The van der Waals surface area contributed by atoms with Crippen LogP contribution in [0, 0.1) is 13.8 Å². The van der Waals surface area contributed by atoms with Crippen molar-refractivity contribution >= 4 is 17.6 Å². The van der Waals surface area contributed by atoms with E-state index >= 15 is 0 Å². The van der Waals surface area contributed by atoms with E-state index in [9.17, 15) is 14.7 Å². The molecule has 2 aromatic rings. The lowest BCUT2D eigenvalue weighted by molar-refractivity contribution is -0.138. The van der Waals surface area contributed by atoms with E-state index in [0.29, 0.717) is 17.7 Å². The van der Waals surface area contributed by atoms with Crippen molar-refractivity contribution in [3.8, 4) is 0 Å². The van der Waals surface area contributed by atoms with Crippen LogP contribution in [-0.4, -0.2) is 23.0 Å². The normalized spacial score (nSPS) is 16.5. The highest BCUT2D eigenvalue weighted by Crippen LogP contribution is 2.34. The molecule has 1 amide bonds. The summed E-state index contributed by atoms with van der Waals surface area (Å²) in [4.78, 5) is 26.0. The number of benzene rings is 2. The van der Waals surface area contributed by atoms with Crippen molar-refractivity contribution in [3.63, 3.8) is 0 Å². The summed E-state index contributed by atoms with van der Waals surface area (Å²) in [6.07, 6.45) is 0.349. The summed E-state index contributed by atoms with van der Waals surface area (Å²) in [5, 5.41) is 9.48. The Bertz CT molecular complexity index is 767. The predicted molar refractivity (Wildman–Crippen MR) is 84.3 cm³/mol. The van der Waals surface area contributed by atoms with Gasteiger partial charge in [0, 0.05) is 17.7 Å². The largest absolute Gasteiger partial charge is 0.480 e. The lowest BCUT2D eigenvalue weighted by Gasteiger charge is -2.23. The molecular weight excluding hydrogens is 278 g/mol. The SMILES string of the molecule is Cc1ccc(C)c(C(=O)N2c3ccccc3CC2C(=O)O)c1. The minimum Gasteiger partial charge on any atom is -0.480 e. The molecule has 0 saturated carbocycles. The first-order valence-corrected chi connectivity index (χ1v) is 7.20. The second-order valence-corrected chi connectivity index (χ2v) is 5.68. The second kappa shape index (κ2) is 5.30. The highest BCUT2D eigenvalue weighted by Gasteiger charge is 2.38. The quantitative estimate of drug-likeness (QED) is 0.926. The number of carbonyl (C=O) groups excluding carboxylic acids is 1. The van der Waals surface area contributed by atoms with Gasteiger partial charge in [0.1, 0.15) is 6.04 Å². The van der Waals surface area contributed by atoms with Crippen LogP contribution in [0.15, 0.2) is 42.5 Å². The number of carboxylic acid groups (broad SMARTS) is 1. The number of aryl methyl sites for hydroxylation is 2. The third-order valence-corrected chi connectivity index (χ3v) is 4.10. The van der Waals surface area contributed by atoms with E-state index in [1.165, 1.54) is 4.90 Å². The Kier molecular flexibility index (Phi) is 3.45. The molecule has 0 aliphatic carbocycles. The topological polar surface area (TPSA) is 57.6 Å². The standard InChI is InChI=1S/C18H17NO3/c1-11-7-8-12(2)14(9-11)17(20)19-15-6-4-3-5-13(15)10-16(19)18(21)22/h3-9,16H,10H2,1-2H3,(H,21,22). The average molecular weight is 295 g/mol. The minimum atomic E-state index is -0.977. The summed E-state index contributed by atoms with van der Waals surface area (Å²) in [6, 6.07) is 12.2. The molecule has 0 bridgehead atoms. The molecule has 112 valence electrons. The van der Waals surface area contributed by atoms with Gasteiger partial charge >= 0.3 is 5.97 Å². The number of rotatable bonds is 2. The number of carboxylic acids is 1. The molecule has 1 heterocycles. The number of para-hydroxylation sites is 1. The highest BCUT2D eigenvalue weighted by molar-refractivity contribution is 6.11. The van der Waals surface area contributed by atoms with Gasteiger partial charge in [-0.15, -0.1) is 0 Å². The van der Waals surface area contributed by atoms with Gasteiger partial charge in [-0.2, -0.15) is 0 Å². The van der Waals surface area contributed by atoms with Crippen molar-refractivity contribution in [1.29, 1.82) is 0 Å². The molecule has 1 aliphatic rings. The van der Waals surface area contributed by atoms with Crippen LogP contribution in [0.4, 0.5) is 5.69 Å². The summed E-state index contributed by atoms with van der Waals surface area (Å²) in [5.41, 5.74) is 3.98. The monoisotopic (exact) mass is 295 g/mol. The Morgan fingerprint density at radius 1 is 1.14 bits per heavy atom. The number of nitrogens with zero attached hydrogens (tertiary/aromatic N) is 1. The lowest BCUT2D eigenvalue weighted by Crippen LogP contribution is -2.43. The predicted octanol–water partition coefficient (Wildman–Crippen LogP) is 2.96. The Morgan fingerprint density at radius 3 is 2.59 bits per heavy atom. The molecule has 22 heavy (non-hydrogen) atoms. The number of hydrogen-bond donors (Lipinski definition) is 1. The van der Waals surface area contributed by atoms with Gasteiger partial charge in [-0.25, -0.2) is 4.79 Å². The van der Waals surface area contributed by atoms with E-state index in [0.717, 1.165) is 16.7 Å². The lowest BCUT2D eigenvalue weighted by atomic mass is 10.0. The smallest absolute Gasteiger partial charge is 0.327 e. The van der Waals surface area contributed by atoms with Crippen LogP contribution < -0.4 is 4.90 Å². The minimum absolute atomic E-state index is 0.251. The number of anilines is 1. The average Bonchev–Trinajstić information content (AvgIpc) is 2.88. The molecule has 4 heteroatoms. The molecule has 2 aromatic carbocycles. The van der Waals surface area contributed by atoms with Gasteiger partial charge in [0.2, 0.25) is 0 Å². The summed E-state index contributed by atoms with van der Waals surface area (Å²) in [5.74, 6) is -1.23. The molecule has 0 saturated heterocycles. The Labute approximate surface area is 129 Å². The number of fused-ring (bicyclic) bond motifs is 1. The van der Waals surface area contributed by atoms with Gasteiger partial charge < -0.3 is 5.11 Å². The summed E-state index contributed by atoms with van der Waals surface area (Å²) >= 11 is 0. The van der Waals surface area contributed by atoms with Crippen LogP contribution in [0.2, 0.25) is 0 Å². The van der Waals surface area contributed by atoms with Crippen LogP contribution in [0.5, 0.6) is 0 Å². The van der Waals surface area contributed by atoms with E-state index in [2.05, 4.69) is 0 Å². The van der Waals surface area contributed by atoms with Crippen molar-refractivity contribution in [2.24, 2.45) is 0 Å². The van der Waals surface area contributed by atoms with Gasteiger partial charge in [-0.1, -0.05) is 35.9 Å². The molecule has 0 fully saturated rings. The van der Waals surface area contributed by atoms with Gasteiger partial charge in [0.25, 0.3) is 5.91 Å². The molecule has 0 aromatic heterocycles. The molecule has 4 nitrogen and oxygen atoms in total. The molecule has 1 atom stereocenters. The van der Waals surface area contributed by atoms with Crippen molar-refractivity contribution < 1.29 is 14.7 Å². The zero-order chi connectivity index (χ0) is 15.9. The van der Waals surface area contributed by atoms with Crippen LogP contribution in [0.25, 0.3) is 0 Å². The number of carbonyl (C=O) groups is 2. The Hall–Kier alpha value is -2.62. The van der Waals surface area contributed by atoms with E-state index in [1.54, 1.807) is 6.07 Å². The summed E-state index contributed by atoms with van der Waals surface area (Å²) < 4.78 is 0. The second-order valence-electron chi connectivity index (χ2n) is 5.68. The van der Waals surface area contributed by atoms with Crippen molar-refractivity contribution in [1.82, 2.24) is 0 Å². The molecule has 0 spiro atoms. The Balaban J connectivity index is 2.09. The highest BCUT2D eigenvalue weighted by atomic mass is 16.4. The van der Waals surface area contributed by atoms with Gasteiger partial charge in [0.05, 0.1) is 0 Å². The fourth-order valence-corrected chi connectivity index (χ4v) is 2.93. The van der Waals surface area contributed by atoms with E-state index in [4.69, 9.17) is 0 Å². The van der Waals surface area contributed by atoms with Crippen molar-refractivity contribution in [2.75, 3.05) is 4.90 Å². The van der Waals surface area contributed by atoms with Gasteiger partial charge in [0.15, 0.2) is 0 Å². The van der Waals surface area contributed by atoms with Crippen molar-refractivity contribution in [2.45, 2.75) is 26.3 Å². The van der Waals surface area contributed by atoms with Crippen molar-refractivity contribution in [3.05, 3.63) is 64.7 Å². The van der Waals surface area contributed by atoms with Crippen LogP contribution in [0.1, 0.15) is 27.0 Å². The van der Waals surface area contributed by atoms with Gasteiger partial charge in [-0.3, -0.25) is 9.69 Å². The maximum atomic E-state index is 13.0. The molecule has 1 unspecified atom stereocenters. The first kappa shape index (κ1) is 14.3.